The average Bonchev–Trinajstić information content (AvgIpc) is 2.89. The fourth-order valence-electron chi connectivity index (χ4n) is 3.19. The van der Waals surface area contributed by atoms with Crippen molar-refractivity contribution in [2.45, 2.75) is 39.0 Å². The molecular formula is C13H22N2O. The third-order valence-electron chi connectivity index (χ3n) is 4.96. The van der Waals surface area contributed by atoms with Gasteiger partial charge in [-0.3, -0.25) is 4.79 Å². The molecule has 0 aromatic heterocycles. The zero-order chi connectivity index (χ0) is 11.2. The minimum absolute atomic E-state index is 0.0262. The van der Waals surface area contributed by atoms with Crippen molar-refractivity contribution in [3.63, 3.8) is 0 Å². The van der Waals surface area contributed by atoms with Crippen LogP contribution >= 0.6 is 0 Å². The van der Waals surface area contributed by atoms with Gasteiger partial charge in [0.05, 0.1) is 0 Å². The normalized spacial score (nSPS) is 30.7. The highest BCUT2D eigenvalue weighted by molar-refractivity contribution is 5.85. The fraction of sp³-hybridized carbons (Fsp3) is 0.923. The molecule has 0 atom stereocenters. The van der Waals surface area contributed by atoms with E-state index in [1.807, 2.05) is 0 Å². The van der Waals surface area contributed by atoms with Crippen LogP contribution in [0.1, 0.15) is 39.0 Å². The number of piperidine rings is 1. The molecule has 3 aliphatic rings. The molecule has 2 saturated heterocycles. The first-order valence-corrected chi connectivity index (χ1v) is 6.64. The van der Waals surface area contributed by atoms with Crippen molar-refractivity contribution in [2.75, 3.05) is 26.2 Å². The largest absolute Gasteiger partial charge is 0.342 e. The van der Waals surface area contributed by atoms with Crippen LogP contribution < -0.4 is 5.32 Å². The van der Waals surface area contributed by atoms with E-state index >= 15 is 0 Å². The topological polar surface area (TPSA) is 32.3 Å². The summed E-state index contributed by atoms with van der Waals surface area (Å²) < 4.78 is 0. The number of nitrogens with one attached hydrogen (secondary N) is 1. The summed E-state index contributed by atoms with van der Waals surface area (Å²) in [4.78, 5) is 14.3. The molecule has 0 bridgehead atoms. The Morgan fingerprint density at radius 3 is 2.31 bits per heavy atom. The molecule has 1 N–H and O–H groups in total. The Balaban J connectivity index is 1.60. The first kappa shape index (κ1) is 10.6. The first-order chi connectivity index (χ1) is 7.64. The molecule has 1 spiro atoms. The molecule has 0 aromatic carbocycles. The molecule has 3 rings (SSSR count). The number of carbonyl (C=O) groups is 1. The van der Waals surface area contributed by atoms with Gasteiger partial charge in [0.25, 0.3) is 0 Å². The molecule has 0 radical (unpaired) electrons. The van der Waals surface area contributed by atoms with Gasteiger partial charge in [0.15, 0.2) is 0 Å². The van der Waals surface area contributed by atoms with E-state index in [1.165, 1.54) is 32.4 Å². The van der Waals surface area contributed by atoms with E-state index in [-0.39, 0.29) is 5.41 Å². The summed E-state index contributed by atoms with van der Waals surface area (Å²) in [6.07, 6.45) is 5.94. The summed E-state index contributed by atoms with van der Waals surface area (Å²) in [5, 5.41) is 3.47. The van der Waals surface area contributed by atoms with E-state index in [0.717, 1.165) is 25.9 Å². The van der Waals surface area contributed by atoms with Crippen LogP contribution in [0, 0.1) is 10.8 Å². The number of rotatable bonds is 1. The lowest BCUT2D eigenvalue weighted by Gasteiger charge is -2.39. The minimum Gasteiger partial charge on any atom is -0.342 e. The Morgan fingerprint density at radius 2 is 1.81 bits per heavy atom. The van der Waals surface area contributed by atoms with Crippen molar-refractivity contribution in [2.24, 2.45) is 10.8 Å². The van der Waals surface area contributed by atoms with Crippen LogP contribution in [0.3, 0.4) is 0 Å². The third kappa shape index (κ3) is 1.65. The summed E-state index contributed by atoms with van der Waals surface area (Å²) in [5.74, 6) is 0.424. The standard InChI is InChI=1S/C13H22N2O/c1-12(2-3-12)11(16)15-8-5-13(6-9-15)4-7-14-10-13/h14H,2-10H2,1H3. The summed E-state index contributed by atoms with van der Waals surface area (Å²) in [5.41, 5.74) is 0.555. The lowest BCUT2D eigenvalue weighted by molar-refractivity contribution is -0.138. The monoisotopic (exact) mass is 222 g/mol. The fourth-order valence-corrected chi connectivity index (χ4v) is 3.19. The van der Waals surface area contributed by atoms with E-state index in [4.69, 9.17) is 0 Å². The number of hydrogen-bond donors (Lipinski definition) is 1. The SMILES string of the molecule is CC1(C(=O)N2CCC3(CCNC3)CC2)CC1. The molecule has 2 aliphatic heterocycles. The van der Waals surface area contributed by atoms with E-state index in [9.17, 15) is 4.79 Å². The van der Waals surface area contributed by atoms with Crippen LogP contribution in [0.15, 0.2) is 0 Å². The van der Waals surface area contributed by atoms with Crippen LogP contribution in [-0.2, 0) is 4.79 Å². The maximum Gasteiger partial charge on any atom is 0.228 e. The molecule has 1 aliphatic carbocycles. The van der Waals surface area contributed by atoms with Crippen molar-refractivity contribution in [3.8, 4) is 0 Å². The molecule has 1 saturated carbocycles. The maximum absolute atomic E-state index is 12.2. The summed E-state index contributed by atoms with van der Waals surface area (Å²) in [7, 11) is 0. The Bertz CT molecular complexity index is 293. The number of carbonyl (C=O) groups excluding carboxylic acids is 1. The second-order valence-corrected chi connectivity index (χ2v) is 6.28. The lowest BCUT2D eigenvalue weighted by Crippen LogP contribution is -2.46. The molecule has 2 heterocycles. The predicted molar refractivity (Wildman–Crippen MR) is 63.1 cm³/mol. The van der Waals surface area contributed by atoms with Crippen LogP contribution in [-0.4, -0.2) is 37.0 Å². The van der Waals surface area contributed by atoms with Crippen LogP contribution in [0.4, 0.5) is 0 Å². The quantitative estimate of drug-likeness (QED) is 0.727. The second-order valence-electron chi connectivity index (χ2n) is 6.28. The van der Waals surface area contributed by atoms with Gasteiger partial charge in [0.1, 0.15) is 0 Å². The third-order valence-corrected chi connectivity index (χ3v) is 4.96. The number of hydrogen-bond acceptors (Lipinski definition) is 2. The molecule has 16 heavy (non-hydrogen) atoms. The first-order valence-electron chi connectivity index (χ1n) is 6.64. The van der Waals surface area contributed by atoms with Crippen LogP contribution in [0.25, 0.3) is 0 Å². The molecule has 1 amide bonds. The molecule has 3 fully saturated rings. The van der Waals surface area contributed by atoms with Gasteiger partial charge in [-0.05, 0) is 44.1 Å². The van der Waals surface area contributed by atoms with Crippen molar-refractivity contribution in [3.05, 3.63) is 0 Å². The summed E-state index contributed by atoms with van der Waals surface area (Å²) >= 11 is 0. The van der Waals surface area contributed by atoms with E-state index in [1.54, 1.807) is 0 Å². The zero-order valence-corrected chi connectivity index (χ0v) is 10.2. The van der Waals surface area contributed by atoms with Crippen molar-refractivity contribution < 1.29 is 4.79 Å². The predicted octanol–water partition coefficient (Wildman–Crippen LogP) is 1.39. The smallest absolute Gasteiger partial charge is 0.228 e. The molecule has 0 unspecified atom stereocenters. The van der Waals surface area contributed by atoms with E-state index < -0.39 is 0 Å². The van der Waals surface area contributed by atoms with Crippen LogP contribution in [0.5, 0.6) is 0 Å². The van der Waals surface area contributed by atoms with Gasteiger partial charge in [-0.25, -0.2) is 0 Å². The molecular weight excluding hydrogens is 200 g/mol. The highest BCUT2D eigenvalue weighted by atomic mass is 16.2. The molecule has 90 valence electrons. The van der Waals surface area contributed by atoms with Crippen molar-refractivity contribution >= 4 is 5.91 Å². The van der Waals surface area contributed by atoms with Crippen molar-refractivity contribution in [1.82, 2.24) is 10.2 Å². The van der Waals surface area contributed by atoms with Gasteiger partial charge in [-0.2, -0.15) is 0 Å². The highest BCUT2D eigenvalue weighted by Gasteiger charge is 2.48. The molecule has 3 nitrogen and oxygen atoms in total. The summed E-state index contributed by atoms with van der Waals surface area (Å²) in [6.45, 7) is 6.46. The Hall–Kier alpha value is -0.570. The minimum atomic E-state index is 0.0262. The van der Waals surface area contributed by atoms with E-state index in [0.29, 0.717) is 11.3 Å². The van der Waals surface area contributed by atoms with E-state index in [2.05, 4.69) is 17.1 Å². The Kier molecular flexibility index (Phi) is 2.29. The van der Waals surface area contributed by atoms with Crippen molar-refractivity contribution in [1.29, 1.82) is 0 Å². The number of nitrogens with zero attached hydrogens (tertiary/aromatic N) is 1. The number of likely N-dealkylation sites (tertiary alicyclic amines) is 1. The Morgan fingerprint density at radius 1 is 1.12 bits per heavy atom. The van der Waals surface area contributed by atoms with Crippen LogP contribution in [0.2, 0.25) is 0 Å². The number of amides is 1. The summed E-state index contributed by atoms with van der Waals surface area (Å²) in [6, 6.07) is 0. The van der Waals surface area contributed by atoms with Gasteiger partial charge in [0.2, 0.25) is 5.91 Å². The highest BCUT2D eigenvalue weighted by Crippen LogP contribution is 2.47. The zero-order valence-electron chi connectivity index (χ0n) is 10.2. The second kappa shape index (κ2) is 3.46. The Labute approximate surface area is 97.6 Å². The van der Waals surface area contributed by atoms with Gasteiger partial charge >= 0.3 is 0 Å². The molecule has 3 heteroatoms. The van der Waals surface area contributed by atoms with Gasteiger partial charge in [-0.1, -0.05) is 6.92 Å². The molecule has 0 aromatic rings. The maximum atomic E-state index is 12.2. The van der Waals surface area contributed by atoms with Gasteiger partial charge in [-0.15, -0.1) is 0 Å². The average molecular weight is 222 g/mol. The van der Waals surface area contributed by atoms with Gasteiger partial charge in [0, 0.05) is 25.0 Å². The lowest BCUT2D eigenvalue weighted by atomic mass is 9.77. The van der Waals surface area contributed by atoms with Gasteiger partial charge < -0.3 is 10.2 Å².